The van der Waals surface area contributed by atoms with E-state index in [0.717, 1.165) is 24.1 Å². The van der Waals surface area contributed by atoms with E-state index in [1.54, 1.807) is 17.4 Å². The number of nitrogens with zero attached hydrogens (tertiary/aromatic N) is 1. The number of benzene rings is 1. The van der Waals surface area contributed by atoms with Crippen molar-refractivity contribution in [1.29, 1.82) is 0 Å². The van der Waals surface area contributed by atoms with Crippen molar-refractivity contribution in [3.63, 3.8) is 0 Å². The van der Waals surface area contributed by atoms with Crippen LogP contribution in [-0.4, -0.2) is 10.9 Å². The molecule has 0 radical (unpaired) electrons. The van der Waals surface area contributed by atoms with Gasteiger partial charge < -0.3 is 5.73 Å². The van der Waals surface area contributed by atoms with Crippen LogP contribution in [0.2, 0.25) is 0 Å². The van der Waals surface area contributed by atoms with E-state index in [2.05, 4.69) is 10.3 Å². The Hall–Kier alpha value is -2.14. The first-order valence-corrected chi connectivity index (χ1v) is 7.35. The number of carbonyl (C=O) groups is 1. The lowest BCUT2D eigenvalue weighted by Crippen LogP contribution is -2.07. The summed E-state index contributed by atoms with van der Waals surface area (Å²) in [5.41, 5.74) is 8.42. The summed E-state index contributed by atoms with van der Waals surface area (Å²) < 4.78 is 0. The normalized spacial score (nSPS) is 13.6. The quantitative estimate of drug-likeness (QED) is 0.673. The van der Waals surface area contributed by atoms with Crippen molar-refractivity contribution >= 4 is 34.1 Å². The maximum Gasteiger partial charge on any atom is 0.250 e. The van der Waals surface area contributed by atoms with Gasteiger partial charge in [-0.15, -0.1) is 11.3 Å². The van der Waals surface area contributed by atoms with Crippen LogP contribution in [0.1, 0.15) is 22.6 Å². The summed E-state index contributed by atoms with van der Waals surface area (Å²) in [6, 6.07) is 7.40. The number of rotatable bonds is 3. The van der Waals surface area contributed by atoms with E-state index in [0.29, 0.717) is 10.8 Å². The zero-order valence-electron chi connectivity index (χ0n) is 10.9. The fourth-order valence-corrected chi connectivity index (χ4v) is 3.28. The number of hydrogen-bond donors (Lipinski definition) is 2. The highest BCUT2D eigenvalue weighted by atomic mass is 32.1. The first-order chi connectivity index (χ1) is 9.70. The zero-order chi connectivity index (χ0) is 13.9. The standard InChI is InChI=1S/C15H15N3OS/c16-11-4-1-3-10(9-11)7-8-14(19)18-15-17-12-5-2-6-13(12)20-15/h1,3-4,7-9H,2,5-6,16H2,(H,17,18,19)/b8-7+. The number of nitrogen functional groups attached to an aromatic ring is 1. The van der Waals surface area contributed by atoms with Crippen LogP contribution in [0.25, 0.3) is 6.08 Å². The first-order valence-electron chi connectivity index (χ1n) is 6.54. The van der Waals surface area contributed by atoms with Gasteiger partial charge in [0.2, 0.25) is 5.91 Å². The molecule has 0 atom stereocenters. The molecule has 1 aliphatic rings. The van der Waals surface area contributed by atoms with Crippen LogP contribution in [0.3, 0.4) is 0 Å². The second kappa shape index (κ2) is 5.46. The molecule has 2 aromatic rings. The minimum atomic E-state index is -0.167. The van der Waals surface area contributed by atoms with Crippen molar-refractivity contribution in [3.05, 3.63) is 46.5 Å². The van der Waals surface area contributed by atoms with Crippen LogP contribution >= 0.6 is 11.3 Å². The molecule has 1 amide bonds. The Morgan fingerprint density at radius 2 is 2.30 bits per heavy atom. The molecule has 4 nitrogen and oxygen atoms in total. The predicted molar refractivity (Wildman–Crippen MR) is 82.7 cm³/mol. The van der Waals surface area contributed by atoms with Crippen molar-refractivity contribution in [2.45, 2.75) is 19.3 Å². The summed E-state index contributed by atoms with van der Waals surface area (Å²) >= 11 is 1.58. The van der Waals surface area contributed by atoms with Crippen LogP contribution in [0.4, 0.5) is 10.8 Å². The third-order valence-corrected chi connectivity index (χ3v) is 4.24. The third kappa shape index (κ3) is 2.88. The molecule has 20 heavy (non-hydrogen) atoms. The number of aryl methyl sites for hydroxylation is 2. The molecule has 1 aromatic heterocycles. The number of fused-ring (bicyclic) bond motifs is 1. The summed E-state index contributed by atoms with van der Waals surface area (Å²) in [7, 11) is 0. The van der Waals surface area contributed by atoms with Crippen molar-refractivity contribution < 1.29 is 4.79 Å². The number of nitrogens with two attached hydrogens (primary N) is 1. The molecule has 3 N–H and O–H groups in total. The number of amides is 1. The molecule has 0 aliphatic heterocycles. The van der Waals surface area contributed by atoms with E-state index in [-0.39, 0.29) is 5.91 Å². The average molecular weight is 285 g/mol. The second-order valence-electron chi connectivity index (χ2n) is 4.74. The Balaban J connectivity index is 1.64. The Labute approximate surface area is 121 Å². The van der Waals surface area contributed by atoms with Crippen molar-refractivity contribution in [2.24, 2.45) is 0 Å². The molecule has 0 fully saturated rings. The smallest absolute Gasteiger partial charge is 0.250 e. The highest BCUT2D eigenvalue weighted by molar-refractivity contribution is 7.15. The maximum atomic E-state index is 11.8. The average Bonchev–Trinajstić information content (AvgIpc) is 2.97. The van der Waals surface area contributed by atoms with Gasteiger partial charge >= 0.3 is 0 Å². The fourth-order valence-electron chi connectivity index (χ4n) is 2.23. The van der Waals surface area contributed by atoms with E-state index in [9.17, 15) is 4.79 Å². The maximum absolute atomic E-state index is 11.8. The molecule has 1 heterocycles. The predicted octanol–water partition coefficient (Wildman–Crippen LogP) is 2.87. The van der Waals surface area contributed by atoms with Gasteiger partial charge in [-0.25, -0.2) is 4.98 Å². The van der Waals surface area contributed by atoms with Crippen LogP contribution < -0.4 is 11.1 Å². The number of nitrogens with one attached hydrogen (secondary N) is 1. The van der Waals surface area contributed by atoms with Crippen LogP contribution in [0.15, 0.2) is 30.3 Å². The zero-order valence-corrected chi connectivity index (χ0v) is 11.7. The number of thiazole rings is 1. The van der Waals surface area contributed by atoms with Crippen LogP contribution in [0.5, 0.6) is 0 Å². The molecule has 102 valence electrons. The number of aromatic nitrogens is 1. The first kappa shape index (κ1) is 12.9. The van der Waals surface area contributed by atoms with Crippen molar-refractivity contribution in [1.82, 2.24) is 4.98 Å². The molecular formula is C15H15N3OS. The fraction of sp³-hybridized carbons (Fsp3) is 0.200. The summed E-state index contributed by atoms with van der Waals surface area (Å²) in [6.07, 6.45) is 6.54. The Bertz CT molecular complexity index is 654. The third-order valence-electron chi connectivity index (χ3n) is 3.16. The lowest BCUT2D eigenvalue weighted by atomic mass is 10.2. The molecule has 1 aliphatic carbocycles. The summed E-state index contributed by atoms with van der Waals surface area (Å²) in [5.74, 6) is -0.167. The lowest BCUT2D eigenvalue weighted by molar-refractivity contribution is -0.111. The Kier molecular flexibility index (Phi) is 3.52. The van der Waals surface area contributed by atoms with Gasteiger partial charge in [-0.3, -0.25) is 10.1 Å². The summed E-state index contributed by atoms with van der Waals surface area (Å²) in [5, 5.41) is 3.50. The summed E-state index contributed by atoms with van der Waals surface area (Å²) in [4.78, 5) is 17.6. The lowest BCUT2D eigenvalue weighted by Gasteiger charge is -1.97. The van der Waals surface area contributed by atoms with Gasteiger partial charge in [0.15, 0.2) is 5.13 Å². The topological polar surface area (TPSA) is 68.0 Å². The van der Waals surface area contributed by atoms with Gasteiger partial charge in [-0.1, -0.05) is 12.1 Å². The Morgan fingerprint density at radius 3 is 3.10 bits per heavy atom. The number of carbonyl (C=O) groups excluding carboxylic acids is 1. The molecule has 0 unspecified atom stereocenters. The van der Waals surface area contributed by atoms with Crippen molar-refractivity contribution in [3.8, 4) is 0 Å². The van der Waals surface area contributed by atoms with Crippen molar-refractivity contribution in [2.75, 3.05) is 11.1 Å². The van der Waals surface area contributed by atoms with E-state index in [4.69, 9.17) is 5.73 Å². The monoisotopic (exact) mass is 285 g/mol. The van der Waals surface area contributed by atoms with E-state index < -0.39 is 0 Å². The van der Waals surface area contributed by atoms with Crippen LogP contribution in [-0.2, 0) is 17.6 Å². The molecule has 5 heteroatoms. The van der Waals surface area contributed by atoms with Gasteiger partial charge in [-0.2, -0.15) is 0 Å². The molecule has 0 saturated carbocycles. The molecule has 0 spiro atoms. The summed E-state index contributed by atoms with van der Waals surface area (Å²) in [6.45, 7) is 0. The molecule has 0 bridgehead atoms. The van der Waals surface area contributed by atoms with Gasteiger partial charge in [0, 0.05) is 16.6 Å². The minimum absolute atomic E-state index is 0.167. The second-order valence-corrected chi connectivity index (χ2v) is 5.82. The minimum Gasteiger partial charge on any atom is -0.399 e. The largest absolute Gasteiger partial charge is 0.399 e. The number of hydrogen-bond acceptors (Lipinski definition) is 4. The molecule has 1 aromatic carbocycles. The number of anilines is 2. The van der Waals surface area contributed by atoms with Crippen LogP contribution in [0, 0.1) is 0 Å². The van der Waals surface area contributed by atoms with Gasteiger partial charge in [0.25, 0.3) is 0 Å². The van der Waals surface area contributed by atoms with Gasteiger partial charge in [0.05, 0.1) is 5.69 Å². The van der Waals surface area contributed by atoms with E-state index >= 15 is 0 Å². The Morgan fingerprint density at radius 1 is 1.40 bits per heavy atom. The van der Waals surface area contributed by atoms with E-state index in [1.807, 2.05) is 24.3 Å². The van der Waals surface area contributed by atoms with Gasteiger partial charge in [0.1, 0.15) is 0 Å². The highest BCUT2D eigenvalue weighted by Gasteiger charge is 2.17. The highest BCUT2D eigenvalue weighted by Crippen LogP contribution is 2.30. The SMILES string of the molecule is Nc1cccc(/C=C/C(=O)Nc2nc3c(s2)CCC3)c1. The van der Waals surface area contributed by atoms with E-state index in [1.165, 1.54) is 17.4 Å². The molecular weight excluding hydrogens is 270 g/mol. The van der Waals surface area contributed by atoms with Gasteiger partial charge in [-0.05, 0) is 43.0 Å². The molecule has 3 rings (SSSR count). The molecule has 0 saturated heterocycles.